The first kappa shape index (κ1) is 26.2. The third-order valence-electron chi connectivity index (χ3n) is 6.94. The molecule has 2 amide bonds. The van der Waals surface area contributed by atoms with Gasteiger partial charge in [-0.05, 0) is 78.7 Å². The Hall–Kier alpha value is -3.99. The molecule has 1 saturated heterocycles. The number of imidazole rings is 1. The Morgan fingerprint density at radius 3 is 2.45 bits per heavy atom. The van der Waals surface area contributed by atoms with Gasteiger partial charge >= 0.3 is 6.09 Å². The smallest absolute Gasteiger partial charge is 0.410 e. The Bertz CT molecular complexity index is 1640. The van der Waals surface area contributed by atoms with E-state index in [9.17, 15) is 14.0 Å². The van der Waals surface area contributed by atoms with Crippen molar-refractivity contribution in [2.75, 3.05) is 36.4 Å². The molecule has 4 heterocycles. The molecule has 9 nitrogen and oxygen atoms in total. The van der Waals surface area contributed by atoms with Crippen LogP contribution >= 0.6 is 15.9 Å². The summed E-state index contributed by atoms with van der Waals surface area (Å²) in [5.41, 5.74) is 4.87. The molecule has 2 aromatic carbocycles. The topological polar surface area (TPSA) is 92.1 Å². The fourth-order valence-corrected chi connectivity index (χ4v) is 5.56. The van der Waals surface area contributed by atoms with E-state index >= 15 is 0 Å². The molecule has 1 N–H and O–H groups in total. The number of benzene rings is 2. The lowest BCUT2D eigenvalue weighted by atomic mass is 10.0. The van der Waals surface area contributed by atoms with E-state index in [0.717, 1.165) is 28.1 Å². The highest BCUT2D eigenvalue weighted by Crippen LogP contribution is 2.39. The molecule has 0 atom stereocenters. The molecule has 2 aliphatic heterocycles. The van der Waals surface area contributed by atoms with Gasteiger partial charge in [-0.2, -0.15) is 0 Å². The van der Waals surface area contributed by atoms with E-state index in [2.05, 4.69) is 26.1 Å². The maximum atomic E-state index is 13.8. The molecule has 11 heteroatoms. The van der Waals surface area contributed by atoms with Crippen LogP contribution in [0.15, 0.2) is 53.3 Å². The molecule has 206 valence electrons. The molecular formula is C29H28BrFN6O3. The summed E-state index contributed by atoms with van der Waals surface area (Å²) in [5.74, 6) is 0.310. The number of fused-ring (bicyclic) bond motifs is 2. The molecule has 0 radical (unpaired) electrons. The molecule has 1 fully saturated rings. The number of anilines is 2. The molecule has 0 unspecified atom stereocenters. The lowest BCUT2D eigenvalue weighted by molar-refractivity contribution is -0.115. The van der Waals surface area contributed by atoms with E-state index in [4.69, 9.17) is 14.7 Å². The van der Waals surface area contributed by atoms with Crippen molar-refractivity contribution in [2.45, 2.75) is 32.8 Å². The zero-order chi connectivity index (χ0) is 28.2. The summed E-state index contributed by atoms with van der Waals surface area (Å²) >= 11 is 3.68. The quantitative estimate of drug-likeness (QED) is 0.330. The number of rotatable bonds is 3. The Labute approximate surface area is 239 Å². The number of amides is 2. The van der Waals surface area contributed by atoms with Gasteiger partial charge in [0, 0.05) is 43.0 Å². The SMILES string of the molecule is CC(C)(C)OC(=O)N1CCN(c2ncc(Br)n3c(-c4ccc5c(c4)CC(=O)N5)c(-c4ccc(F)cc4)nc23)CC1. The van der Waals surface area contributed by atoms with Gasteiger partial charge in [-0.1, -0.05) is 6.07 Å². The lowest BCUT2D eigenvalue weighted by Crippen LogP contribution is -2.50. The van der Waals surface area contributed by atoms with Crippen LogP contribution in [0.3, 0.4) is 0 Å². The van der Waals surface area contributed by atoms with Crippen LogP contribution in [0.25, 0.3) is 28.2 Å². The van der Waals surface area contributed by atoms with Crippen LogP contribution in [0.5, 0.6) is 0 Å². The Kier molecular flexibility index (Phi) is 6.48. The second-order valence-electron chi connectivity index (χ2n) is 10.9. The number of halogens is 2. The number of aromatic nitrogens is 3. The van der Waals surface area contributed by atoms with Gasteiger partial charge in [0.1, 0.15) is 16.0 Å². The minimum absolute atomic E-state index is 0.0396. The van der Waals surface area contributed by atoms with Crippen molar-refractivity contribution in [1.29, 1.82) is 0 Å². The van der Waals surface area contributed by atoms with Crippen molar-refractivity contribution < 1.29 is 18.7 Å². The molecule has 0 bridgehead atoms. The van der Waals surface area contributed by atoms with Crippen LogP contribution in [0.4, 0.5) is 20.7 Å². The van der Waals surface area contributed by atoms with Crippen molar-refractivity contribution in [2.24, 2.45) is 0 Å². The number of hydrogen-bond donors (Lipinski definition) is 1. The van der Waals surface area contributed by atoms with Crippen LogP contribution < -0.4 is 10.2 Å². The van der Waals surface area contributed by atoms with E-state index in [0.29, 0.717) is 54.4 Å². The summed E-state index contributed by atoms with van der Waals surface area (Å²) < 4.78 is 22.1. The maximum Gasteiger partial charge on any atom is 0.410 e. The Morgan fingerprint density at radius 2 is 1.75 bits per heavy atom. The summed E-state index contributed by atoms with van der Waals surface area (Å²) in [5, 5.41) is 2.88. The molecule has 0 saturated carbocycles. The van der Waals surface area contributed by atoms with Gasteiger partial charge in [0.05, 0.1) is 24.0 Å². The molecule has 40 heavy (non-hydrogen) atoms. The first-order chi connectivity index (χ1) is 19.1. The largest absolute Gasteiger partial charge is 0.444 e. The number of nitrogens with one attached hydrogen (secondary N) is 1. The summed E-state index contributed by atoms with van der Waals surface area (Å²) in [7, 11) is 0. The maximum absolute atomic E-state index is 13.8. The average Bonchev–Trinajstić information content (AvgIpc) is 3.49. The van der Waals surface area contributed by atoms with Gasteiger partial charge < -0.3 is 19.9 Å². The molecule has 0 aliphatic carbocycles. The van der Waals surface area contributed by atoms with E-state index < -0.39 is 5.60 Å². The average molecular weight is 607 g/mol. The Balaban J connectivity index is 1.43. The predicted octanol–water partition coefficient (Wildman–Crippen LogP) is 5.52. The monoisotopic (exact) mass is 606 g/mol. The first-order valence-corrected chi connectivity index (χ1v) is 13.9. The third-order valence-corrected chi connectivity index (χ3v) is 7.50. The van der Waals surface area contributed by atoms with E-state index in [1.807, 2.05) is 43.4 Å². The second kappa shape index (κ2) is 9.88. The number of ether oxygens (including phenoxy) is 1. The van der Waals surface area contributed by atoms with Crippen LogP contribution in [0, 0.1) is 5.82 Å². The lowest BCUT2D eigenvalue weighted by Gasteiger charge is -2.36. The van der Waals surface area contributed by atoms with Gasteiger partial charge in [-0.15, -0.1) is 0 Å². The fourth-order valence-electron chi connectivity index (χ4n) is 5.11. The zero-order valence-corrected chi connectivity index (χ0v) is 24.0. The van der Waals surface area contributed by atoms with Crippen LogP contribution in [0.1, 0.15) is 26.3 Å². The first-order valence-electron chi connectivity index (χ1n) is 13.1. The number of piperazine rings is 1. The van der Waals surface area contributed by atoms with E-state index in [-0.39, 0.29) is 17.8 Å². The minimum Gasteiger partial charge on any atom is -0.444 e. The van der Waals surface area contributed by atoms with E-state index in [1.165, 1.54) is 12.1 Å². The minimum atomic E-state index is -0.558. The normalized spacial score (nSPS) is 15.4. The zero-order valence-electron chi connectivity index (χ0n) is 22.4. The highest BCUT2D eigenvalue weighted by molar-refractivity contribution is 9.10. The van der Waals surface area contributed by atoms with Crippen LogP contribution in [-0.2, 0) is 16.0 Å². The standard InChI is InChI=1S/C29H28BrFN6O3/c1-29(2,3)40-28(39)36-12-10-35(11-13-36)26-27-34-24(17-4-7-20(31)8-5-17)25(37(27)22(30)16-32-26)18-6-9-21-19(14-18)15-23(38)33-21/h4-9,14,16H,10-13,15H2,1-3H3,(H,33,38). The summed E-state index contributed by atoms with van der Waals surface area (Å²) in [6.45, 7) is 7.66. The molecular weight excluding hydrogens is 579 g/mol. The number of carbonyl (C=O) groups excluding carboxylic acids is 2. The van der Waals surface area contributed by atoms with Crippen molar-refractivity contribution in [3.63, 3.8) is 0 Å². The Morgan fingerprint density at radius 1 is 1.05 bits per heavy atom. The predicted molar refractivity (Wildman–Crippen MR) is 154 cm³/mol. The summed E-state index contributed by atoms with van der Waals surface area (Å²) in [6.07, 6.45) is 1.72. The molecule has 4 aromatic rings. The molecule has 6 rings (SSSR count). The highest BCUT2D eigenvalue weighted by atomic mass is 79.9. The third kappa shape index (κ3) is 4.90. The van der Waals surface area contributed by atoms with Gasteiger partial charge in [0.2, 0.25) is 5.91 Å². The van der Waals surface area contributed by atoms with Crippen molar-refractivity contribution in [1.82, 2.24) is 19.3 Å². The van der Waals surface area contributed by atoms with Gasteiger partial charge in [0.15, 0.2) is 11.5 Å². The van der Waals surface area contributed by atoms with Gasteiger partial charge in [-0.3, -0.25) is 9.20 Å². The van der Waals surface area contributed by atoms with Crippen LogP contribution in [0.2, 0.25) is 0 Å². The number of nitrogens with zero attached hydrogens (tertiary/aromatic N) is 5. The fraction of sp³-hybridized carbons (Fsp3) is 0.310. The van der Waals surface area contributed by atoms with E-state index in [1.54, 1.807) is 23.2 Å². The van der Waals surface area contributed by atoms with Crippen molar-refractivity contribution in [3.8, 4) is 22.5 Å². The molecule has 0 spiro atoms. The number of carbonyl (C=O) groups is 2. The molecule has 2 aromatic heterocycles. The summed E-state index contributed by atoms with van der Waals surface area (Å²) in [6, 6.07) is 12.1. The van der Waals surface area contributed by atoms with Crippen molar-refractivity contribution >= 4 is 45.1 Å². The highest BCUT2D eigenvalue weighted by Gasteiger charge is 2.29. The van der Waals surface area contributed by atoms with Gasteiger partial charge in [0.25, 0.3) is 0 Å². The van der Waals surface area contributed by atoms with Crippen molar-refractivity contribution in [3.05, 3.63) is 64.6 Å². The summed E-state index contributed by atoms with van der Waals surface area (Å²) in [4.78, 5) is 38.2. The molecule has 2 aliphatic rings. The van der Waals surface area contributed by atoms with Crippen LogP contribution in [-0.4, -0.2) is 63.0 Å². The number of hydrogen-bond acceptors (Lipinski definition) is 6. The van der Waals surface area contributed by atoms with Gasteiger partial charge in [-0.25, -0.2) is 19.2 Å². The second-order valence-corrected chi connectivity index (χ2v) is 11.7.